The molecule has 0 radical (unpaired) electrons. The molecule has 0 spiro atoms. The molecular formula is C20H18N4O. The maximum Gasteiger partial charge on any atom is 0.158 e. The minimum absolute atomic E-state index is 0.720. The van der Waals surface area contributed by atoms with Crippen molar-refractivity contribution in [2.45, 2.75) is 6.92 Å². The summed E-state index contributed by atoms with van der Waals surface area (Å²) in [6, 6.07) is 17.9. The number of rotatable bonds is 4. The number of fused-ring (bicyclic) bond motifs is 1. The number of anilines is 2. The summed E-state index contributed by atoms with van der Waals surface area (Å²) in [5.74, 6) is 2.37. The summed E-state index contributed by atoms with van der Waals surface area (Å²) in [4.78, 5) is 12.5. The molecule has 0 bridgehead atoms. The minimum atomic E-state index is 0.720. The summed E-state index contributed by atoms with van der Waals surface area (Å²) in [6.45, 7) is 2.07. The number of aryl methyl sites for hydroxylation is 1. The Kier molecular flexibility index (Phi) is 3.82. The fourth-order valence-corrected chi connectivity index (χ4v) is 2.69. The molecule has 2 aromatic heterocycles. The second kappa shape index (κ2) is 6.28. The van der Waals surface area contributed by atoms with Crippen LogP contribution in [0.15, 0.2) is 60.8 Å². The van der Waals surface area contributed by atoms with E-state index in [0.29, 0.717) is 0 Å². The van der Waals surface area contributed by atoms with Crippen molar-refractivity contribution in [3.05, 3.63) is 66.4 Å². The van der Waals surface area contributed by atoms with Gasteiger partial charge in [0.05, 0.1) is 12.6 Å². The summed E-state index contributed by atoms with van der Waals surface area (Å²) in [5, 5.41) is 3.32. The second-order valence-electron chi connectivity index (χ2n) is 5.86. The van der Waals surface area contributed by atoms with Gasteiger partial charge in [-0.1, -0.05) is 29.8 Å². The quantitative estimate of drug-likeness (QED) is 0.570. The maximum atomic E-state index is 5.19. The van der Waals surface area contributed by atoms with Crippen LogP contribution in [0.2, 0.25) is 0 Å². The van der Waals surface area contributed by atoms with Gasteiger partial charge in [-0.25, -0.2) is 9.97 Å². The summed E-state index contributed by atoms with van der Waals surface area (Å²) >= 11 is 0. The molecule has 2 N–H and O–H groups in total. The number of nitrogens with one attached hydrogen (secondary N) is 2. The highest BCUT2D eigenvalue weighted by Gasteiger charge is 2.10. The molecule has 0 aliphatic heterocycles. The lowest BCUT2D eigenvalue weighted by atomic mass is 10.1. The Bertz CT molecular complexity index is 1000. The van der Waals surface area contributed by atoms with E-state index >= 15 is 0 Å². The molecule has 5 heteroatoms. The van der Waals surface area contributed by atoms with Gasteiger partial charge in [-0.05, 0) is 37.3 Å². The van der Waals surface area contributed by atoms with Gasteiger partial charge in [0.25, 0.3) is 0 Å². The van der Waals surface area contributed by atoms with Gasteiger partial charge >= 0.3 is 0 Å². The van der Waals surface area contributed by atoms with Crippen molar-refractivity contribution in [1.29, 1.82) is 0 Å². The van der Waals surface area contributed by atoms with E-state index in [1.54, 1.807) is 13.3 Å². The molecule has 4 rings (SSSR count). The first-order valence-electron chi connectivity index (χ1n) is 8.06. The van der Waals surface area contributed by atoms with Gasteiger partial charge in [0.2, 0.25) is 0 Å². The van der Waals surface area contributed by atoms with E-state index in [1.165, 1.54) is 5.56 Å². The lowest BCUT2D eigenvalue weighted by molar-refractivity contribution is 0.415. The molecule has 124 valence electrons. The van der Waals surface area contributed by atoms with Crippen molar-refractivity contribution >= 4 is 22.5 Å². The average Bonchev–Trinajstić information content (AvgIpc) is 3.08. The third-order valence-corrected chi connectivity index (χ3v) is 4.08. The van der Waals surface area contributed by atoms with Crippen LogP contribution in [0.25, 0.3) is 22.4 Å². The number of H-pyrrole nitrogens is 1. The molecular weight excluding hydrogens is 312 g/mol. The largest absolute Gasteiger partial charge is 0.497 e. The van der Waals surface area contributed by atoms with Gasteiger partial charge in [0.1, 0.15) is 17.1 Å². The lowest BCUT2D eigenvalue weighted by Crippen LogP contribution is -1.94. The van der Waals surface area contributed by atoms with Crippen molar-refractivity contribution in [1.82, 2.24) is 15.0 Å². The number of imidazole rings is 1. The molecule has 2 heterocycles. The zero-order valence-electron chi connectivity index (χ0n) is 14.1. The van der Waals surface area contributed by atoms with Crippen molar-refractivity contribution in [3.8, 4) is 17.1 Å². The summed E-state index contributed by atoms with van der Waals surface area (Å²) in [6.07, 6.45) is 1.77. The van der Waals surface area contributed by atoms with Gasteiger partial charge in [-0.15, -0.1) is 0 Å². The first-order valence-corrected chi connectivity index (χ1v) is 8.06. The molecule has 5 nitrogen and oxygen atoms in total. The van der Waals surface area contributed by atoms with Crippen molar-refractivity contribution < 1.29 is 4.74 Å². The van der Waals surface area contributed by atoms with Crippen LogP contribution in [-0.4, -0.2) is 22.1 Å². The molecule has 0 saturated heterocycles. The number of benzene rings is 2. The van der Waals surface area contributed by atoms with Crippen LogP contribution in [0, 0.1) is 6.92 Å². The van der Waals surface area contributed by atoms with Crippen LogP contribution in [0.3, 0.4) is 0 Å². The van der Waals surface area contributed by atoms with Crippen LogP contribution in [-0.2, 0) is 0 Å². The van der Waals surface area contributed by atoms with Crippen molar-refractivity contribution in [2.24, 2.45) is 0 Å². The normalized spacial score (nSPS) is 10.8. The molecule has 4 aromatic rings. The topological polar surface area (TPSA) is 62.8 Å². The standard InChI is InChI=1S/C20H18N4O/c1-13-3-5-14(6-4-13)19-23-17-11-12-21-20(18(17)24-19)22-15-7-9-16(25-2)10-8-15/h3-12H,1-2H3,(H,21,22)(H,23,24). The molecule has 0 aliphatic carbocycles. The van der Waals surface area contributed by atoms with Crippen LogP contribution >= 0.6 is 0 Å². The monoisotopic (exact) mass is 330 g/mol. The highest BCUT2D eigenvalue weighted by Crippen LogP contribution is 2.27. The number of hydrogen-bond donors (Lipinski definition) is 2. The Morgan fingerprint density at radius 2 is 1.72 bits per heavy atom. The molecule has 0 saturated carbocycles. The fourth-order valence-electron chi connectivity index (χ4n) is 2.69. The first-order chi connectivity index (χ1) is 12.2. The van der Waals surface area contributed by atoms with Crippen LogP contribution < -0.4 is 10.1 Å². The molecule has 2 aromatic carbocycles. The third kappa shape index (κ3) is 3.04. The van der Waals surface area contributed by atoms with E-state index in [0.717, 1.165) is 39.7 Å². The molecule has 0 fully saturated rings. The number of ether oxygens (including phenoxy) is 1. The van der Waals surface area contributed by atoms with Gasteiger partial charge in [-0.2, -0.15) is 0 Å². The number of methoxy groups -OCH3 is 1. The minimum Gasteiger partial charge on any atom is -0.497 e. The van der Waals surface area contributed by atoms with Gasteiger partial charge < -0.3 is 15.0 Å². The highest BCUT2D eigenvalue weighted by molar-refractivity contribution is 5.89. The van der Waals surface area contributed by atoms with E-state index in [1.807, 2.05) is 30.3 Å². The van der Waals surface area contributed by atoms with E-state index in [-0.39, 0.29) is 0 Å². The third-order valence-electron chi connectivity index (χ3n) is 4.08. The van der Waals surface area contributed by atoms with E-state index in [4.69, 9.17) is 9.72 Å². The number of aromatic nitrogens is 3. The van der Waals surface area contributed by atoms with E-state index < -0.39 is 0 Å². The Hall–Kier alpha value is -3.34. The van der Waals surface area contributed by atoms with Gasteiger partial charge in [-0.3, -0.25) is 0 Å². The Labute approximate surface area is 145 Å². The average molecular weight is 330 g/mol. The highest BCUT2D eigenvalue weighted by atomic mass is 16.5. The molecule has 25 heavy (non-hydrogen) atoms. The molecule has 0 atom stereocenters. The summed E-state index contributed by atoms with van der Waals surface area (Å²) in [7, 11) is 1.65. The van der Waals surface area contributed by atoms with Crippen LogP contribution in [0.1, 0.15) is 5.56 Å². The lowest BCUT2D eigenvalue weighted by Gasteiger charge is -2.06. The zero-order valence-corrected chi connectivity index (χ0v) is 14.1. The number of nitrogens with zero attached hydrogens (tertiary/aromatic N) is 2. The zero-order chi connectivity index (χ0) is 17.2. The Morgan fingerprint density at radius 1 is 0.960 bits per heavy atom. The number of hydrogen-bond acceptors (Lipinski definition) is 4. The predicted octanol–water partition coefficient (Wildman–Crippen LogP) is 4.69. The Balaban J connectivity index is 1.70. The fraction of sp³-hybridized carbons (Fsp3) is 0.100. The summed E-state index contributed by atoms with van der Waals surface area (Å²) in [5.41, 5.74) is 4.97. The van der Waals surface area contributed by atoms with Crippen LogP contribution in [0.4, 0.5) is 11.5 Å². The van der Waals surface area contributed by atoms with E-state index in [9.17, 15) is 0 Å². The SMILES string of the molecule is COc1ccc(Nc2nccc3[nH]c(-c4ccc(C)cc4)nc23)cc1. The first kappa shape index (κ1) is 15.2. The Morgan fingerprint density at radius 3 is 2.44 bits per heavy atom. The maximum absolute atomic E-state index is 5.19. The van der Waals surface area contributed by atoms with Gasteiger partial charge in [0.15, 0.2) is 5.82 Å². The van der Waals surface area contributed by atoms with E-state index in [2.05, 4.69) is 46.5 Å². The molecule has 0 unspecified atom stereocenters. The van der Waals surface area contributed by atoms with Gasteiger partial charge in [0, 0.05) is 17.4 Å². The second-order valence-corrected chi connectivity index (χ2v) is 5.86. The molecule has 0 amide bonds. The summed E-state index contributed by atoms with van der Waals surface area (Å²) < 4.78 is 5.19. The van der Waals surface area contributed by atoms with Crippen molar-refractivity contribution in [2.75, 3.05) is 12.4 Å². The van der Waals surface area contributed by atoms with Crippen LogP contribution in [0.5, 0.6) is 5.75 Å². The number of aromatic amines is 1. The number of pyridine rings is 1. The van der Waals surface area contributed by atoms with Crippen molar-refractivity contribution in [3.63, 3.8) is 0 Å². The smallest absolute Gasteiger partial charge is 0.158 e. The predicted molar refractivity (Wildman–Crippen MR) is 100 cm³/mol. The molecule has 0 aliphatic rings.